The van der Waals surface area contributed by atoms with Crippen LogP contribution in [0.5, 0.6) is 0 Å². The molecule has 2 aromatic heterocycles. The van der Waals surface area contributed by atoms with E-state index in [1.807, 2.05) is 6.07 Å². The number of halogens is 2. The maximum atomic E-state index is 14.0. The topological polar surface area (TPSA) is 83.9 Å². The first-order valence-electron chi connectivity index (χ1n) is 9.67. The zero-order chi connectivity index (χ0) is 20.9. The molecule has 0 aliphatic carbocycles. The van der Waals surface area contributed by atoms with Crippen LogP contribution in [0.3, 0.4) is 0 Å². The number of benzene rings is 1. The smallest absolute Gasteiger partial charge is 0.256 e. The van der Waals surface area contributed by atoms with Gasteiger partial charge in [-0.05, 0) is 37.3 Å². The van der Waals surface area contributed by atoms with Gasteiger partial charge in [0, 0.05) is 37.2 Å². The second-order valence-electron chi connectivity index (χ2n) is 7.18. The highest BCUT2D eigenvalue weighted by Crippen LogP contribution is 2.24. The summed E-state index contributed by atoms with van der Waals surface area (Å²) in [5.41, 5.74) is 0.598. The van der Waals surface area contributed by atoms with E-state index >= 15 is 0 Å². The number of amides is 1. The molecular formula is C21H20F2N6O. The molecule has 0 radical (unpaired) electrons. The van der Waals surface area contributed by atoms with Crippen LogP contribution >= 0.6 is 0 Å². The number of rotatable bonds is 5. The number of aromatic nitrogens is 4. The summed E-state index contributed by atoms with van der Waals surface area (Å²) in [6.07, 6.45) is 8.60. The fourth-order valence-corrected chi connectivity index (χ4v) is 3.62. The van der Waals surface area contributed by atoms with Gasteiger partial charge in [-0.3, -0.25) is 9.78 Å². The first-order chi connectivity index (χ1) is 14.6. The van der Waals surface area contributed by atoms with Crippen LogP contribution in [0.25, 0.3) is 0 Å². The monoisotopic (exact) mass is 410 g/mol. The van der Waals surface area contributed by atoms with Gasteiger partial charge in [0.1, 0.15) is 18.0 Å². The highest BCUT2D eigenvalue weighted by atomic mass is 19.2. The van der Waals surface area contributed by atoms with Gasteiger partial charge in [0.2, 0.25) is 0 Å². The van der Waals surface area contributed by atoms with E-state index in [2.05, 4.69) is 25.3 Å². The number of carbonyl (C=O) groups excluding carboxylic acids is 1. The summed E-state index contributed by atoms with van der Waals surface area (Å²) < 4.78 is 27.5. The van der Waals surface area contributed by atoms with Crippen molar-refractivity contribution >= 4 is 17.5 Å². The predicted molar refractivity (Wildman–Crippen MR) is 106 cm³/mol. The van der Waals surface area contributed by atoms with Crippen molar-refractivity contribution < 1.29 is 13.6 Å². The first kappa shape index (κ1) is 19.8. The lowest BCUT2D eigenvalue weighted by Gasteiger charge is -2.33. The number of hydrogen-bond acceptors (Lipinski definition) is 6. The largest absolute Gasteiger partial charge is 0.338 e. The number of piperidine rings is 1. The van der Waals surface area contributed by atoms with Crippen molar-refractivity contribution in [3.63, 3.8) is 0 Å². The van der Waals surface area contributed by atoms with Gasteiger partial charge in [-0.1, -0.05) is 6.07 Å². The molecule has 1 saturated heterocycles. The fourth-order valence-electron chi connectivity index (χ4n) is 3.62. The van der Waals surface area contributed by atoms with Gasteiger partial charge >= 0.3 is 0 Å². The minimum atomic E-state index is -1.10. The van der Waals surface area contributed by atoms with Crippen LogP contribution < -0.4 is 5.32 Å². The minimum Gasteiger partial charge on any atom is -0.338 e. The zero-order valence-corrected chi connectivity index (χ0v) is 16.1. The molecule has 7 nitrogen and oxygen atoms in total. The first-order valence-corrected chi connectivity index (χ1v) is 9.67. The molecule has 0 spiro atoms. The van der Waals surface area contributed by atoms with Crippen LogP contribution in [0.15, 0.2) is 49.2 Å². The number of nitrogens with one attached hydrogen (secondary N) is 1. The summed E-state index contributed by atoms with van der Waals surface area (Å²) in [4.78, 5) is 31.0. The third kappa shape index (κ3) is 4.56. The molecule has 154 valence electrons. The van der Waals surface area contributed by atoms with Crippen LogP contribution in [0.1, 0.15) is 28.9 Å². The molecule has 0 bridgehead atoms. The molecule has 0 unspecified atom stereocenters. The average Bonchev–Trinajstić information content (AvgIpc) is 2.76. The molecule has 3 heterocycles. The van der Waals surface area contributed by atoms with Crippen LogP contribution in [0.4, 0.5) is 20.4 Å². The Bertz CT molecular complexity index is 1030. The fraction of sp³-hybridized carbons (Fsp3) is 0.286. The molecule has 4 rings (SSSR count). The van der Waals surface area contributed by atoms with Crippen LogP contribution in [0.2, 0.25) is 0 Å². The highest BCUT2D eigenvalue weighted by molar-refractivity contribution is 5.94. The second kappa shape index (κ2) is 8.89. The van der Waals surface area contributed by atoms with E-state index in [4.69, 9.17) is 0 Å². The molecule has 1 atom stereocenters. The molecule has 1 amide bonds. The summed E-state index contributed by atoms with van der Waals surface area (Å²) in [6.45, 7) is 0.986. The van der Waals surface area contributed by atoms with Gasteiger partial charge in [-0.15, -0.1) is 0 Å². The number of anilines is 2. The molecular weight excluding hydrogens is 390 g/mol. The van der Waals surface area contributed by atoms with Gasteiger partial charge in [-0.25, -0.2) is 23.7 Å². The summed E-state index contributed by atoms with van der Waals surface area (Å²) in [7, 11) is 0. The third-order valence-electron chi connectivity index (χ3n) is 5.03. The van der Waals surface area contributed by atoms with Crippen molar-refractivity contribution in [1.29, 1.82) is 0 Å². The SMILES string of the molecule is O=C(c1cccc(F)c1F)N1CCC[C@@H](Cc2cc(Nc3cnccn3)ncn2)C1. The summed E-state index contributed by atoms with van der Waals surface area (Å²) in [5, 5.41) is 3.08. The van der Waals surface area contributed by atoms with E-state index in [-0.39, 0.29) is 11.5 Å². The Balaban J connectivity index is 1.42. The second-order valence-corrected chi connectivity index (χ2v) is 7.18. The standard InChI is InChI=1S/C21H20F2N6O/c22-17-5-1-4-16(20(17)23)21(30)29-8-2-3-14(12-29)9-15-10-18(27-13-26-15)28-19-11-24-6-7-25-19/h1,4-7,10-11,13-14H,2-3,8-9,12H2,(H,25,26,27,28)/t14-/m0/s1. The van der Waals surface area contributed by atoms with Gasteiger partial charge in [0.15, 0.2) is 11.6 Å². The van der Waals surface area contributed by atoms with Gasteiger partial charge in [-0.2, -0.15) is 0 Å². The summed E-state index contributed by atoms with van der Waals surface area (Å²) in [6, 6.07) is 5.51. The molecule has 1 aliphatic heterocycles. The molecule has 1 aromatic carbocycles. The number of carbonyl (C=O) groups is 1. The van der Waals surface area contributed by atoms with Crippen molar-refractivity contribution in [1.82, 2.24) is 24.8 Å². The Hall–Kier alpha value is -3.49. The molecule has 0 saturated carbocycles. The Morgan fingerprint density at radius 2 is 2.07 bits per heavy atom. The Morgan fingerprint density at radius 3 is 2.90 bits per heavy atom. The Morgan fingerprint density at radius 1 is 1.17 bits per heavy atom. The van der Waals surface area contributed by atoms with Crippen molar-refractivity contribution in [3.8, 4) is 0 Å². The Kier molecular flexibility index (Phi) is 5.87. The van der Waals surface area contributed by atoms with E-state index < -0.39 is 17.5 Å². The maximum Gasteiger partial charge on any atom is 0.256 e. The molecule has 3 aromatic rings. The van der Waals surface area contributed by atoms with Crippen molar-refractivity contribution in [2.75, 3.05) is 18.4 Å². The molecule has 1 fully saturated rings. The average molecular weight is 410 g/mol. The quantitative estimate of drug-likeness (QED) is 0.694. The normalized spacial score (nSPS) is 16.3. The summed E-state index contributed by atoms with van der Waals surface area (Å²) in [5.74, 6) is -1.25. The number of likely N-dealkylation sites (tertiary alicyclic amines) is 1. The lowest BCUT2D eigenvalue weighted by molar-refractivity contribution is 0.0667. The van der Waals surface area contributed by atoms with Gasteiger partial charge in [0.25, 0.3) is 5.91 Å². The van der Waals surface area contributed by atoms with Crippen LogP contribution in [-0.2, 0) is 6.42 Å². The van der Waals surface area contributed by atoms with Crippen LogP contribution in [-0.4, -0.2) is 43.8 Å². The van der Waals surface area contributed by atoms with Crippen molar-refractivity contribution in [2.24, 2.45) is 5.92 Å². The zero-order valence-electron chi connectivity index (χ0n) is 16.1. The van der Waals surface area contributed by atoms with Crippen molar-refractivity contribution in [2.45, 2.75) is 19.3 Å². The van der Waals surface area contributed by atoms with Crippen molar-refractivity contribution in [3.05, 3.63) is 72.1 Å². The lowest BCUT2D eigenvalue weighted by atomic mass is 9.92. The molecule has 30 heavy (non-hydrogen) atoms. The summed E-state index contributed by atoms with van der Waals surface area (Å²) >= 11 is 0. The van der Waals surface area contributed by atoms with E-state index in [1.54, 1.807) is 23.5 Å². The van der Waals surface area contributed by atoms with E-state index in [0.29, 0.717) is 31.1 Å². The van der Waals surface area contributed by atoms with Gasteiger partial charge in [0.05, 0.1) is 11.8 Å². The predicted octanol–water partition coefficient (Wildman–Crippen LogP) is 3.38. The minimum absolute atomic E-state index is 0.165. The maximum absolute atomic E-state index is 14.0. The lowest BCUT2D eigenvalue weighted by Crippen LogP contribution is -2.41. The van der Waals surface area contributed by atoms with E-state index in [9.17, 15) is 13.6 Å². The number of hydrogen-bond donors (Lipinski definition) is 1. The van der Waals surface area contributed by atoms with Crippen LogP contribution in [0, 0.1) is 17.6 Å². The highest BCUT2D eigenvalue weighted by Gasteiger charge is 2.27. The van der Waals surface area contributed by atoms with E-state index in [0.717, 1.165) is 24.6 Å². The number of nitrogens with zero attached hydrogens (tertiary/aromatic N) is 5. The molecule has 1 aliphatic rings. The molecule has 9 heteroatoms. The third-order valence-corrected chi connectivity index (χ3v) is 5.03. The van der Waals surface area contributed by atoms with E-state index in [1.165, 1.54) is 18.5 Å². The molecule has 1 N–H and O–H groups in total. The Labute approximate surface area is 172 Å². The van der Waals surface area contributed by atoms with Gasteiger partial charge < -0.3 is 10.2 Å².